The first-order valence-corrected chi connectivity index (χ1v) is 6.37. The maximum atomic E-state index is 9.81. The second-order valence-electron chi connectivity index (χ2n) is 4.56. The maximum Gasteiger partial charge on any atom is 0.187 e. The van der Waals surface area contributed by atoms with Crippen molar-refractivity contribution in [2.24, 2.45) is 0 Å². The van der Waals surface area contributed by atoms with E-state index in [2.05, 4.69) is 0 Å². The van der Waals surface area contributed by atoms with Crippen LogP contribution < -0.4 is 9.47 Å². The molecule has 0 aliphatic carbocycles. The van der Waals surface area contributed by atoms with E-state index >= 15 is 0 Å². The molecule has 1 aliphatic rings. The minimum atomic E-state index is -0.975. The van der Waals surface area contributed by atoms with Gasteiger partial charge in [-0.3, -0.25) is 0 Å². The maximum absolute atomic E-state index is 9.81. The van der Waals surface area contributed by atoms with Crippen LogP contribution in [0.1, 0.15) is 17.4 Å². The molecule has 0 saturated carbocycles. The molecule has 6 nitrogen and oxygen atoms in total. The van der Waals surface area contributed by atoms with E-state index < -0.39 is 18.5 Å². The van der Waals surface area contributed by atoms with Gasteiger partial charge in [-0.25, -0.2) is 0 Å². The monoisotopic (exact) mass is 284 g/mol. The highest BCUT2D eigenvalue weighted by Crippen LogP contribution is 2.42. The van der Waals surface area contributed by atoms with Crippen LogP contribution in [0.25, 0.3) is 0 Å². The van der Waals surface area contributed by atoms with Crippen molar-refractivity contribution in [2.45, 2.75) is 24.9 Å². The average molecular weight is 284 g/mol. The standard InChI is InChI=1S/C14H20O6/c1-17-10-4-5-11(18-2)13-8(10)6-12(9(16)7-15)20-14(13)19-3/h4-5,9,12,14-16H,6-7H2,1-3H3/t9?,12-,14-/m0/s1. The molecule has 112 valence electrons. The molecule has 2 rings (SSSR count). The van der Waals surface area contributed by atoms with Gasteiger partial charge in [-0.1, -0.05) is 0 Å². The summed E-state index contributed by atoms with van der Waals surface area (Å²) in [4.78, 5) is 0. The highest BCUT2D eigenvalue weighted by molar-refractivity contribution is 5.50. The fourth-order valence-corrected chi connectivity index (χ4v) is 2.46. The Bertz CT molecular complexity index is 461. The Morgan fingerprint density at radius 3 is 2.45 bits per heavy atom. The molecule has 3 atom stereocenters. The Hall–Kier alpha value is -1.34. The Morgan fingerprint density at radius 2 is 1.90 bits per heavy atom. The van der Waals surface area contributed by atoms with Crippen LogP contribution in [0.5, 0.6) is 11.5 Å². The van der Waals surface area contributed by atoms with Gasteiger partial charge in [0.05, 0.1) is 32.5 Å². The number of fused-ring (bicyclic) bond motifs is 1. The van der Waals surface area contributed by atoms with Gasteiger partial charge in [0.2, 0.25) is 0 Å². The van der Waals surface area contributed by atoms with E-state index in [-0.39, 0.29) is 6.61 Å². The second kappa shape index (κ2) is 6.41. The number of aliphatic hydroxyl groups excluding tert-OH is 2. The molecule has 1 aliphatic heterocycles. The van der Waals surface area contributed by atoms with E-state index in [1.807, 2.05) is 0 Å². The van der Waals surface area contributed by atoms with Crippen molar-refractivity contribution in [1.82, 2.24) is 0 Å². The van der Waals surface area contributed by atoms with Gasteiger partial charge in [-0.15, -0.1) is 0 Å². The predicted molar refractivity (Wildman–Crippen MR) is 71.0 cm³/mol. The molecule has 0 amide bonds. The third-order valence-electron chi connectivity index (χ3n) is 3.48. The van der Waals surface area contributed by atoms with Crippen LogP contribution >= 0.6 is 0 Å². The van der Waals surface area contributed by atoms with E-state index in [1.165, 1.54) is 7.11 Å². The number of aliphatic hydroxyl groups is 2. The first-order valence-electron chi connectivity index (χ1n) is 6.37. The topological polar surface area (TPSA) is 77.4 Å². The van der Waals surface area contributed by atoms with Crippen molar-refractivity contribution in [3.63, 3.8) is 0 Å². The Labute approximate surface area is 117 Å². The molecule has 0 fully saturated rings. The zero-order valence-electron chi connectivity index (χ0n) is 11.8. The fourth-order valence-electron chi connectivity index (χ4n) is 2.46. The summed E-state index contributed by atoms with van der Waals surface area (Å²) in [5.74, 6) is 1.32. The zero-order valence-corrected chi connectivity index (χ0v) is 11.8. The van der Waals surface area contributed by atoms with Gasteiger partial charge in [0.15, 0.2) is 6.29 Å². The van der Waals surface area contributed by atoms with Crippen LogP contribution in [0.2, 0.25) is 0 Å². The molecule has 0 radical (unpaired) electrons. The van der Waals surface area contributed by atoms with Gasteiger partial charge in [-0.2, -0.15) is 0 Å². The van der Waals surface area contributed by atoms with Gasteiger partial charge < -0.3 is 29.2 Å². The third-order valence-corrected chi connectivity index (χ3v) is 3.48. The molecule has 2 N–H and O–H groups in total. The van der Waals surface area contributed by atoms with Gasteiger partial charge in [0.1, 0.15) is 17.6 Å². The van der Waals surface area contributed by atoms with Gasteiger partial charge in [-0.05, 0) is 12.1 Å². The van der Waals surface area contributed by atoms with Crippen molar-refractivity contribution < 1.29 is 29.2 Å². The summed E-state index contributed by atoms with van der Waals surface area (Å²) in [6.45, 7) is -0.372. The smallest absolute Gasteiger partial charge is 0.187 e. The minimum Gasteiger partial charge on any atom is -0.496 e. The van der Waals surface area contributed by atoms with Crippen LogP contribution in [0.4, 0.5) is 0 Å². The molecule has 1 unspecified atom stereocenters. The van der Waals surface area contributed by atoms with Gasteiger partial charge in [0, 0.05) is 19.1 Å². The Balaban J connectivity index is 2.48. The highest BCUT2D eigenvalue weighted by atomic mass is 16.7. The number of methoxy groups -OCH3 is 3. The zero-order chi connectivity index (χ0) is 14.7. The summed E-state index contributed by atoms with van der Waals surface area (Å²) in [7, 11) is 4.67. The molecular weight excluding hydrogens is 264 g/mol. The van der Waals surface area contributed by atoms with E-state index in [0.717, 1.165) is 11.1 Å². The van der Waals surface area contributed by atoms with Crippen molar-refractivity contribution in [1.29, 1.82) is 0 Å². The molecule has 0 bridgehead atoms. The molecular formula is C14H20O6. The predicted octanol–water partition coefficient (Wildman–Crippen LogP) is 0.643. The van der Waals surface area contributed by atoms with Crippen LogP contribution in [-0.2, 0) is 15.9 Å². The summed E-state index contributed by atoms with van der Waals surface area (Å²) in [6.07, 6.45) is -1.79. The van der Waals surface area contributed by atoms with Crippen LogP contribution in [0.15, 0.2) is 12.1 Å². The van der Waals surface area contributed by atoms with Gasteiger partial charge in [0.25, 0.3) is 0 Å². The minimum absolute atomic E-state index is 0.372. The van der Waals surface area contributed by atoms with Crippen molar-refractivity contribution in [2.75, 3.05) is 27.9 Å². The molecule has 6 heteroatoms. The van der Waals surface area contributed by atoms with Crippen LogP contribution in [0.3, 0.4) is 0 Å². The van der Waals surface area contributed by atoms with Crippen LogP contribution in [-0.4, -0.2) is 50.4 Å². The normalized spacial score (nSPS) is 23.1. The highest BCUT2D eigenvalue weighted by Gasteiger charge is 2.35. The van der Waals surface area contributed by atoms with Crippen molar-refractivity contribution in [3.05, 3.63) is 23.3 Å². The molecule has 1 aromatic rings. The van der Waals surface area contributed by atoms with Crippen molar-refractivity contribution in [3.8, 4) is 11.5 Å². The van der Waals surface area contributed by atoms with E-state index in [9.17, 15) is 5.11 Å². The summed E-state index contributed by atoms with van der Waals surface area (Å²) in [5, 5.41) is 18.9. The SMILES string of the molecule is COc1ccc(OC)c2c1C[C@@H](C(O)CO)O[C@@H]2OC. The fraction of sp³-hybridized carbons (Fsp3) is 0.571. The number of ether oxygens (including phenoxy) is 4. The molecule has 1 heterocycles. The molecule has 1 aromatic carbocycles. The molecule has 0 aromatic heterocycles. The van der Waals surface area contributed by atoms with E-state index in [1.54, 1.807) is 26.4 Å². The lowest BCUT2D eigenvalue weighted by molar-refractivity contribution is -0.197. The first-order chi connectivity index (χ1) is 9.65. The lowest BCUT2D eigenvalue weighted by Gasteiger charge is -2.34. The Kier molecular flexibility index (Phi) is 4.82. The van der Waals surface area contributed by atoms with Gasteiger partial charge >= 0.3 is 0 Å². The summed E-state index contributed by atoms with van der Waals surface area (Å²) < 4.78 is 21.7. The second-order valence-corrected chi connectivity index (χ2v) is 4.56. The molecule has 20 heavy (non-hydrogen) atoms. The number of benzene rings is 1. The quantitative estimate of drug-likeness (QED) is 0.826. The number of hydrogen-bond donors (Lipinski definition) is 2. The summed E-state index contributed by atoms with van der Waals surface area (Å²) in [5.41, 5.74) is 1.62. The molecule has 0 spiro atoms. The average Bonchev–Trinajstić information content (AvgIpc) is 2.51. The molecule has 0 saturated heterocycles. The lowest BCUT2D eigenvalue weighted by atomic mass is 9.93. The Morgan fingerprint density at radius 1 is 1.25 bits per heavy atom. The lowest BCUT2D eigenvalue weighted by Crippen LogP contribution is -2.39. The summed E-state index contributed by atoms with van der Waals surface area (Å²) in [6, 6.07) is 3.59. The third kappa shape index (κ3) is 2.60. The summed E-state index contributed by atoms with van der Waals surface area (Å²) >= 11 is 0. The number of hydrogen-bond acceptors (Lipinski definition) is 6. The van der Waals surface area contributed by atoms with Crippen molar-refractivity contribution >= 4 is 0 Å². The van der Waals surface area contributed by atoms with Crippen LogP contribution in [0, 0.1) is 0 Å². The largest absolute Gasteiger partial charge is 0.496 e. The number of rotatable bonds is 5. The van der Waals surface area contributed by atoms with E-state index in [4.69, 9.17) is 24.1 Å². The van der Waals surface area contributed by atoms with E-state index in [0.29, 0.717) is 17.9 Å². The first kappa shape index (κ1) is 15.1.